The van der Waals surface area contributed by atoms with Crippen LogP contribution >= 0.6 is 0 Å². The van der Waals surface area contributed by atoms with Crippen LogP contribution in [0.5, 0.6) is 0 Å². The summed E-state index contributed by atoms with van der Waals surface area (Å²) in [5.41, 5.74) is 1.84. The van der Waals surface area contributed by atoms with Crippen LogP contribution in [0.1, 0.15) is 37.3 Å². The molecule has 0 saturated heterocycles. The highest BCUT2D eigenvalue weighted by molar-refractivity contribution is 6.78. The second-order valence-electron chi connectivity index (χ2n) is 6.79. The normalized spacial score (nSPS) is 12.8. The average molecular weight is 295 g/mol. The molecule has 1 unspecified atom stereocenters. The van der Waals surface area contributed by atoms with Crippen molar-refractivity contribution in [2.45, 2.75) is 51.4 Å². The van der Waals surface area contributed by atoms with E-state index in [1.165, 1.54) is 29.2 Å². The van der Waals surface area contributed by atoms with Crippen molar-refractivity contribution in [1.29, 1.82) is 0 Å². The molecule has 0 bridgehead atoms. The molecule has 1 heteroatoms. The van der Waals surface area contributed by atoms with Gasteiger partial charge in [-0.2, -0.15) is 0 Å². The topological polar surface area (TPSA) is 0 Å². The zero-order valence-electron chi connectivity index (χ0n) is 13.7. The van der Waals surface area contributed by atoms with Crippen LogP contribution in [0.4, 0.5) is 0 Å². The van der Waals surface area contributed by atoms with Crippen molar-refractivity contribution in [3.8, 4) is 11.8 Å². The molecule has 0 heterocycles. The molecule has 0 aliphatic heterocycles. The molecule has 0 saturated carbocycles. The molecular formula is C20H26Si. The fraction of sp³-hybridized carbons (Fsp3) is 0.400. The Labute approximate surface area is 130 Å². The minimum Gasteiger partial charge on any atom is -0.103 e. The molecule has 0 nitrogen and oxygen atoms in total. The Morgan fingerprint density at radius 3 is 2.43 bits per heavy atom. The minimum atomic E-state index is -1.38. The summed E-state index contributed by atoms with van der Waals surface area (Å²) in [5.74, 6) is 7.06. The van der Waals surface area contributed by atoms with Gasteiger partial charge in [-0.1, -0.05) is 81.4 Å². The van der Waals surface area contributed by atoms with E-state index in [1.807, 2.05) is 0 Å². The van der Waals surface area contributed by atoms with Gasteiger partial charge in [0.25, 0.3) is 0 Å². The predicted molar refractivity (Wildman–Crippen MR) is 97.3 cm³/mol. The molecule has 2 aromatic rings. The lowest BCUT2D eigenvalue weighted by molar-refractivity contribution is 0.827. The van der Waals surface area contributed by atoms with E-state index >= 15 is 0 Å². The van der Waals surface area contributed by atoms with E-state index in [9.17, 15) is 0 Å². The van der Waals surface area contributed by atoms with Crippen LogP contribution in [-0.4, -0.2) is 8.07 Å². The summed E-state index contributed by atoms with van der Waals surface area (Å²) >= 11 is 0. The third-order valence-corrected chi connectivity index (χ3v) is 6.09. The van der Waals surface area contributed by atoms with Crippen LogP contribution in [0.25, 0.3) is 10.8 Å². The molecule has 21 heavy (non-hydrogen) atoms. The van der Waals surface area contributed by atoms with Gasteiger partial charge in [0, 0.05) is 12.0 Å². The molecule has 0 aromatic heterocycles. The highest BCUT2D eigenvalue weighted by atomic mass is 28.3. The number of hydrogen-bond acceptors (Lipinski definition) is 0. The van der Waals surface area contributed by atoms with Crippen LogP contribution in [0.2, 0.25) is 19.6 Å². The molecular weight excluding hydrogens is 268 g/mol. The number of hydrogen-bond donors (Lipinski definition) is 0. The first-order valence-corrected chi connectivity index (χ1v) is 11.6. The molecule has 0 amide bonds. The van der Waals surface area contributed by atoms with E-state index in [0.29, 0.717) is 5.54 Å². The van der Waals surface area contributed by atoms with Gasteiger partial charge in [0.1, 0.15) is 0 Å². The molecule has 2 rings (SSSR count). The van der Waals surface area contributed by atoms with E-state index in [1.54, 1.807) is 0 Å². The standard InChI is InChI=1S/C20H26Si/c1-5-6-7-8-16-20(21(2,3)4)19-15-11-13-17-12-9-10-14-18(17)19/h9-15,20H,5-7H2,1-4H3. The molecule has 0 aliphatic rings. The fourth-order valence-electron chi connectivity index (χ4n) is 2.70. The zero-order chi connectivity index (χ0) is 15.3. The number of unbranched alkanes of at least 4 members (excludes halogenated alkanes) is 2. The van der Waals surface area contributed by atoms with Gasteiger partial charge < -0.3 is 0 Å². The second kappa shape index (κ2) is 6.96. The maximum atomic E-state index is 3.61. The first-order valence-electron chi connectivity index (χ1n) is 8.00. The van der Waals surface area contributed by atoms with Crippen molar-refractivity contribution in [3.63, 3.8) is 0 Å². The summed E-state index contributed by atoms with van der Waals surface area (Å²) in [7, 11) is -1.38. The number of fused-ring (bicyclic) bond motifs is 1. The maximum Gasteiger partial charge on any atom is 0.0669 e. The lowest BCUT2D eigenvalue weighted by atomic mass is 10.0. The van der Waals surface area contributed by atoms with Crippen molar-refractivity contribution in [3.05, 3.63) is 48.0 Å². The number of benzene rings is 2. The van der Waals surface area contributed by atoms with E-state index in [2.05, 4.69) is 80.9 Å². The van der Waals surface area contributed by atoms with E-state index < -0.39 is 8.07 Å². The number of rotatable bonds is 4. The van der Waals surface area contributed by atoms with Gasteiger partial charge in [-0.15, -0.1) is 5.92 Å². The lowest BCUT2D eigenvalue weighted by Crippen LogP contribution is -2.30. The Hall–Kier alpha value is -1.52. The van der Waals surface area contributed by atoms with Gasteiger partial charge >= 0.3 is 0 Å². The summed E-state index contributed by atoms with van der Waals surface area (Å²) in [4.78, 5) is 0. The van der Waals surface area contributed by atoms with Gasteiger partial charge in [-0.25, -0.2) is 0 Å². The minimum absolute atomic E-state index is 0.417. The Balaban J connectivity index is 2.46. The molecule has 0 radical (unpaired) electrons. The summed E-state index contributed by atoms with van der Waals surface area (Å²) in [6.07, 6.45) is 3.46. The third kappa shape index (κ3) is 3.99. The van der Waals surface area contributed by atoms with Crippen LogP contribution in [0.3, 0.4) is 0 Å². The smallest absolute Gasteiger partial charge is 0.0669 e. The van der Waals surface area contributed by atoms with Gasteiger partial charge in [0.2, 0.25) is 0 Å². The maximum absolute atomic E-state index is 3.61. The molecule has 110 valence electrons. The zero-order valence-corrected chi connectivity index (χ0v) is 14.7. The van der Waals surface area contributed by atoms with Crippen molar-refractivity contribution in [2.24, 2.45) is 0 Å². The first kappa shape index (κ1) is 15.9. The highest BCUT2D eigenvalue weighted by Gasteiger charge is 2.27. The molecule has 0 spiro atoms. The van der Waals surface area contributed by atoms with Crippen LogP contribution in [0, 0.1) is 11.8 Å². The van der Waals surface area contributed by atoms with Crippen molar-refractivity contribution in [2.75, 3.05) is 0 Å². The SMILES string of the molecule is CCCCC#CC(c1cccc2ccccc12)[Si](C)(C)C. The largest absolute Gasteiger partial charge is 0.103 e. The van der Waals surface area contributed by atoms with E-state index in [4.69, 9.17) is 0 Å². The quantitative estimate of drug-likeness (QED) is 0.369. The summed E-state index contributed by atoms with van der Waals surface area (Å²) in [6, 6.07) is 15.3. The third-order valence-electron chi connectivity index (χ3n) is 3.90. The summed E-state index contributed by atoms with van der Waals surface area (Å²) in [6.45, 7) is 9.50. The monoisotopic (exact) mass is 294 g/mol. The Morgan fingerprint density at radius 2 is 1.71 bits per heavy atom. The van der Waals surface area contributed by atoms with Crippen molar-refractivity contribution < 1.29 is 0 Å². The first-order chi connectivity index (χ1) is 10.0. The molecule has 2 aromatic carbocycles. The van der Waals surface area contributed by atoms with E-state index in [-0.39, 0.29) is 0 Å². The Bertz CT molecular complexity index is 647. The predicted octanol–water partition coefficient (Wildman–Crippen LogP) is 5.99. The highest BCUT2D eigenvalue weighted by Crippen LogP contribution is 2.32. The van der Waals surface area contributed by atoms with Crippen LogP contribution < -0.4 is 0 Å². The van der Waals surface area contributed by atoms with Crippen LogP contribution in [-0.2, 0) is 0 Å². The van der Waals surface area contributed by atoms with Crippen LogP contribution in [0.15, 0.2) is 42.5 Å². The Morgan fingerprint density at radius 1 is 1.00 bits per heavy atom. The Kier molecular flexibility index (Phi) is 5.26. The second-order valence-corrected chi connectivity index (χ2v) is 12.1. The fourth-order valence-corrected chi connectivity index (χ4v) is 4.42. The summed E-state index contributed by atoms with van der Waals surface area (Å²) in [5, 5.41) is 2.70. The van der Waals surface area contributed by atoms with Gasteiger partial charge in [0.15, 0.2) is 0 Å². The molecule has 0 N–H and O–H groups in total. The molecule has 0 aliphatic carbocycles. The van der Waals surface area contributed by atoms with Gasteiger partial charge in [-0.05, 0) is 22.8 Å². The van der Waals surface area contributed by atoms with E-state index in [0.717, 1.165) is 6.42 Å². The lowest BCUT2D eigenvalue weighted by Gasteiger charge is -2.26. The average Bonchev–Trinajstić information content (AvgIpc) is 2.46. The molecule has 0 fully saturated rings. The van der Waals surface area contributed by atoms with Gasteiger partial charge in [0.05, 0.1) is 8.07 Å². The summed E-state index contributed by atoms with van der Waals surface area (Å²) < 4.78 is 0. The van der Waals surface area contributed by atoms with Gasteiger partial charge in [-0.3, -0.25) is 0 Å². The molecule has 1 atom stereocenters. The van der Waals surface area contributed by atoms with Crippen molar-refractivity contribution in [1.82, 2.24) is 0 Å². The van der Waals surface area contributed by atoms with Crippen molar-refractivity contribution >= 4 is 18.8 Å².